The van der Waals surface area contributed by atoms with E-state index in [0.29, 0.717) is 42.8 Å². The Hall–Kier alpha value is -3.78. The Balaban J connectivity index is 1.23. The first kappa shape index (κ1) is 26.8. The number of urea groups is 1. The number of hydrogen-bond acceptors (Lipinski definition) is 7. The summed E-state index contributed by atoms with van der Waals surface area (Å²) in [5.41, 5.74) is -0.963. The second-order valence-corrected chi connectivity index (χ2v) is 11.5. The van der Waals surface area contributed by atoms with Crippen molar-refractivity contribution in [3.05, 3.63) is 53.6 Å². The molecule has 208 valence electrons. The molecular formula is C25H26F2N4O7S. The van der Waals surface area contributed by atoms with E-state index < -0.39 is 56.5 Å². The molecule has 0 saturated carbocycles. The number of halogens is 2. The summed E-state index contributed by atoms with van der Waals surface area (Å²) in [4.78, 5) is 40.9. The van der Waals surface area contributed by atoms with Gasteiger partial charge in [0.05, 0.1) is 18.1 Å². The quantitative estimate of drug-likeness (QED) is 0.545. The zero-order valence-electron chi connectivity index (χ0n) is 21.0. The van der Waals surface area contributed by atoms with Crippen molar-refractivity contribution >= 4 is 27.9 Å². The Bertz CT molecular complexity index is 1450. The highest BCUT2D eigenvalue weighted by Gasteiger charge is 2.50. The van der Waals surface area contributed by atoms with Gasteiger partial charge in [-0.1, -0.05) is 6.07 Å². The molecule has 0 radical (unpaired) electrons. The van der Waals surface area contributed by atoms with Crippen molar-refractivity contribution in [3.8, 4) is 11.5 Å². The predicted octanol–water partition coefficient (Wildman–Crippen LogP) is 1.43. The molecule has 2 aromatic carbocycles. The van der Waals surface area contributed by atoms with Gasteiger partial charge < -0.3 is 19.7 Å². The number of hydrogen-bond donors (Lipinski definition) is 1. The van der Waals surface area contributed by atoms with Crippen LogP contribution in [0.4, 0.5) is 13.6 Å². The van der Waals surface area contributed by atoms with Crippen LogP contribution in [0, 0.1) is 11.6 Å². The number of fused-ring (bicyclic) bond motifs is 1. The summed E-state index contributed by atoms with van der Waals surface area (Å²) in [6.07, 6.45) is 0.706. The second-order valence-electron chi connectivity index (χ2n) is 9.52. The molecule has 2 saturated heterocycles. The lowest BCUT2D eigenvalue weighted by atomic mass is 9.91. The number of benzene rings is 2. The van der Waals surface area contributed by atoms with Gasteiger partial charge >= 0.3 is 6.03 Å². The van der Waals surface area contributed by atoms with Crippen LogP contribution >= 0.6 is 0 Å². The SMILES string of the molecule is C[C@@]1(c2ccc3c(c2)OCCCO3)NC(=O)N(CC(=O)N2CCN(S(=O)(=O)c3ccc(F)c(F)c3)CC2)C1=O. The molecule has 2 fully saturated rings. The molecule has 1 N–H and O–H groups in total. The lowest BCUT2D eigenvalue weighted by Crippen LogP contribution is -2.53. The Kier molecular flexibility index (Phi) is 6.93. The number of carbonyl (C=O) groups is 3. The van der Waals surface area contributed by atoms with Gasteiger partial charge in [-0.2, -0.15) is 4.31 Å². The van der Waals surface area contributed by atoms with Crippen molar-refractivity contribution in [1.82, 2.24) is 19.4 Å². The Morgan fingerprint density at radius 2 is 1.67 bits per heavy atom. The van der Waals surface area contributed by atoms with E-state index in [0.717, 1.165) is 21.3 Å². The van der Waals surface area contributed by atoms with Gasteiger partial charge in [-0.15, -0.1) is 0 Å². The molecule has 1 atom stereocenters. The van der Waals surface area contributed by atoms with Crippen LogP contribution in [0.5, 0.6) is 11.5 Å². The van der Waals surface area contributed by atoms with Crippen molar-refractivity contribution in [2.45, 2.75) is 23.8 Å². The van der Waals surface area contributed by atoms with Crippen molar-refractivity contribution in [2.24, 2.45) is 0 Å². The molecule has 0 aliphatic carbocycles. The van der Waals surface area contributed by atoms with Crippen molar-refractivity contribution in [1.29, 1.82) is 0 Å². The molecular weight excluding hydrogens is 538 g/mol. The number of nitrogens with one attached hydrogen (secondary N) is 1. The van der Waals surface area contributed by atoms with E-state index in [9.17, 15) is 31.6 Å². The summed E-state index contributed by atoms with van der Waals surface area (Å²) < 4.78 is 64.8. The molecule has 0 bridgehead atoms. The molecule has 2 aromatic rings. The fraction of sp³-hybridized carbons (Fsp3) is 0.400. The normalized spacial score (nSPS) is 22.0. The molecule has 3 aliphatic rings. The van der Waals surface area contributed by atoms with Gasteiger partial charge in [0.15, 0.2) is 23.1 Å². The van der Waals surface area contributed by atoms with Crippen LogP contribution in [0.2, 0.25) is 0 Å². The van der Waals surface area contributed by atoms with E-state index in [2.05, 4.69) is 5.32 Å². The third-order valence-corrected chi connectivity index (χ3v) is 8.91. The molecule has 11 nitrogen and oxygen atoms in total. The van der Waals surface area contributed by atoms with Crippen LogP contribution in [0.25, 0.3) is 0 Å². The highest BCUT2D eigenvalue weighted by atomic mass is 32.2. The number of ether oxygens (including phenoxy) is 2. The van der Waals surface area contributed by atoms with Gasteiger partial charge in [0.25, 0.3) is 5.91 Å². The van der Waals surface area contributed by atoms with Crippen molar-refractivity contribution in [3.63, 3.8) is 0 Å². The molecule has 0 unspecified atom stereocenters. The molecule has 3 aliphatic heterocycles. The number of amides is 4. The predicted molar refractivity (Wildman–Crippen MR) is 131 cm³/mol. The summed E-state index contributed by atoms with van der Waals surface area (Å²) in [5.74, 6) is -2.60. The molecule has 3 heterocycles. The van der Waals surface area contributed by atoms with E-state index in [1.165, 1.54) is 4.90 Å². The van der Waals surface area contributed by atoms with Gasteiger partial charge in [-0.05, 0) is 42.8 Å². The molecule has 5 rings (SSSR count). The first-order valence-electron chi connectivity index (χ1n) is 12.3. The summed E-state index contributed by atoms with van der Waals surface area (Å²) in [6, 6.07) is 6.55. The Morgan fingerprint density at radius 3 is 2.36 bits per heavy atom. The largest absolute Gasteiger partial charge is 0.490 e. The van der Waals surface area contributed by atoms with Crippen molar-refractivity contribution in [2.75, 3.05) is 45.9 Å². The summed E-state index contributed by atoms with van der Waals surface area (Å²) in [6.45, 7) is 1.75. The standard InChI is InChI=1S/C25H26F2N4O7S/c1-25(16-3-6-20-21(13-16)38-12-2-11-37-20)23(33)31(24(34)28-25)15-22(32)29-7-9-30(10-8-29)39(35,36)17-4-5-18(26)19(27)14-17/h3-6,13-14H,2,7-12,15H2,1H3,(H,28,34)/t25-/m0/s1. The number of sulfonamides is 1. The maximum atomic E-state index is 13.6. The Labute approximate surface area is 223 Å². The average molecular weight is 565 g/mol. The zero-order chi connectivity index (χ0) is 27.9. The summed E-state index contributed by atoms with van der Waals surface area (Å²) in [5, 5.41) is 2.66. The number of piperazine rings is 1. The van der Waals surface area contributed by atoms with E-state index in [1.54, 1.807) is 25.1 Å². The van der Waals surface area contributed by atoms with Crippen molar-refractivity contribution < 1.29 is 41.1 Å². The van der Waals surface area contributed by atoms with E-state index in [-0.39, 0.29) is 26.2 Å². The van der Waals surface area contributed by atoms with Gasteiger partial charge in [-0.25, -0.2) is 22.0 Å². The second kappa shape index (κ2) is 10.1. The molecule has 4 amide bonds. The number of nitrogens with zero attached hydrogens (tertiary/aromatic N) is 3. The molecule has 14 heteroatoms. The van der Waals surface area contributed by atoms with Crippen LogP contribution in [-0.4, -0.2) is 86.3 Å². The summed E-state index contributed by atoms with van der Waals surface area (Å²) in [7, 11) is -4.10. The van der Waals surface area contributed by atoms with E-state index >= 15 is 0 Å². The van der Waals surface area contributed by atoms with Gasteiger partial charge in [0.2, 0.25) is 15.9 Å². The maximum absolute atomic E-state index is 13.6. The number of carbonyl (C=O) groups excluding carboxylic acids is 3. The van der Waals surface area contributed by atoms with Gasteiger partial charge in [0.1, 0.15) is 12.1 Å². The molecule has 0 aromatic heterocycles. The van der Waals surface area contributed by atoms with Crippen LogP contribution in [0.1, 0.15) is 18.9 Å². The van der Waals surface area contributed by atoms with Crippen LogP contribution in [0.15, 0.2) is 41.3 Å². The van der Waals surface area contributed by atoms with E-state index in [4.69, 9.17) is 9.47 Å². The maximum Gasteiger partial charge on any atom is 0.325 e. The van der Waals surface area contributed by atoms with Gasteiger partial charge in [-0.3, -0.25) is 14.5 Å². The minimum absolute atomic E-state index is 0.00911. The fourth-order valence-corrected chi connectivity index (χ4v) is 6.14. The topological polar surface area (TPSA) is 126 Å². The minimum Gasteiger partial charge on any atom is -0.490 e. The average Bonchev–Trinajstić information content (AvgIpc) is 3.07. The Morgan fingerprint density at radius 1 is 0.974 bits per heavy atom. The summed E-state index contributed by atoms with van der Waals surface area (Å²) >= 11 is 0. The highest BCUT2D eigenvalue weighted by molar-refractivity contribution is 7.89. The minimum atomic E-state index is -4.10. The van der Waals surface area contributed by atoms with Crippen LogP contribution < -0.4 is 14.8 Å². The molecule has 39 heavy (non-hydrogen) atoms. The smallest absolute Gasteiger partial charge is 0.325 e. The van der Waals surface area contributed by atoms with Crippen LogP contribution in [-0.2, 0) is 25.2 Å². The lowest BCUT2D eigenvalue weighted by Gasteiger charge is -2.34. The number of imide groups is 1. The van der Waals surface area contributed by atoms with E-state index in [1.807, 2.05) is 0 Å². The highest BCUT2D eigenvalue weighted by Crippen LogP contribution is 2.36. The fourth-order valence-electron chi connectivity index (χ4n) is 4.71. The molecule has 0 spiro atoms. The third-order valence-electron chi connectivity index (χ3n) is 7.01. The third kappa shape index (κ3) is 4.89. The monoisotopic (exact) mass is 564 g/mol. The first-order chi connectivity index (χ1) is 18.5. The van der Waals surface area contributed by atoms with Gasteiger partial charge in [0, 0.05) is 32.6 Å². The zero-order valence-corrected chi connectivity index (χ0v) is 21.8. The first-order valence-corrected chi connectivity index (χ1v) is 13.7. The van der Waals surface area contributed by atoms with Crippen LogP contribution in [0.3, 0.4) is 0 Å². The lowest BCUT2D eigenvalue weighted by molar-refractivity contribution is -0.139. The number of rotatable bonds is 5.